The number of benzene rings is 2. The predicted molar refractivity (Wildman–Crippen MR) is 117 cm³/mol. The van der Waals surface area contributed by atoms with E-state index in [1.807, 2.05) is 0 Å². The highest BCUT2D eigenvalue weighted by Gasteiger charge is 2.44. The third kappa shape index (κ3) is 4.91. The van der Waals surface area contributed by atoms with Crippen LogP contribution in [0.1, 0.15) is 23.6 Å². The van der Waals surface area contributed by atoms with Gasteiger partial charge in [0, 0.05) is 18.5 Å². The van der Waals surface area contributed by atoms with Gasteiger partial charge in [-0.05, 0) is 35.4 Å². The van der Waals surface area contributed by atoms with E-state index < -0.39 is 29.3 Å². The molecule has 1 unspecified atom stereocenters. The summed E-state index contributed by atoms with van der Waals surface area (Å²) in [5.41, 5.74) is 0.677. The van der Waals surface area contributed by atoms with E-state index in [-0.39, 0.29) is 11.1 Å². The van der Waals surface area contributed by atoms with Crippen molar-refractivity contribution in [3.63, 3.8) is 0 Å². The highest BCUT2D eigenvalue weighted by molar-refractivity contribution is 6.46. The van der Waals surface area contributed by atoms with Gasteiger partial charge in [-0.1, -0.05) is 30.0 Å². The molecule has 0 saturated carbocycles. The topological polar surface area (TPSA) is 83.3 Å². The molecule has 2 aromatic rings. The molecule has 2 fully saturated rings. The Morgan fingerprint density at radius 1 is 1.18 bits per heavy atom. The van der Waals surface area contributed by atoms with Gasteiger partial charge < -0.3 is 24.4 Å². The average molecular weight is 454 g/mol. The summed E-state index contributed by atoms with van der Waals surface area (Å²) in [6.45, 7) is 4.38. The van der Waals surface area contributed by atoms with Crippen LogP contribution >= 0.6 is 0 Å². The van der Waals surface area contributed by atoms with Crippen molar-refractivity contribution in [3.05, 3.63) is 71.0 Å². The molecule has 2 aliphatic rings. The van der Waals surface area contributed by atoms with E-state index in [0.717, 1.165) is 19.6 Å². The van der Waals surface area contributed by atoms with Crippen LogP contribution in [0.15, 0.2) is 54.1 Å². The first kappa shape index (κ1) is 22.9. The van der Waals surface area contributed by atoms with Gasteiger partial charge in [-0.25, -0.2) is 4.39 Å². The number of hydrogen-bond acceptors (Lipinski definition) is 5. The minimum atomic E-state index is -0.857. The second-order valence-corrected chi connectivity index (χ2v) is 8.22. The summed E-state index contributed by atoms with van der Waals surface area (Å²) in [7, 11) is 1.49. The zero-order valence-electron chi connectivity index (χ0n) is 18.5. The van der Waals surface area contributed by atoms with Crippen LogP contribution in [-0.2, 0) is 14.3 Å². The number of halogens is 1. The lowest BCUT2D eigenvalue weighted by atomic mass is 9.95. The molecule has 0 radical (unpaired) electrons. The van der Waals surface area contributed by atoms with Crippen LogP contribution in [-0.4, -0.2) is 63.1 Å². The summed E-state index contributed by atoms with van der Waals surface area (Å²) in [6.07, 6.45) is 0.673. The molecule has 33 heavy (non-hydrogen) atoms. The van der Waals surface area contributed by atoms with Gasteiger partial charge in [-0.15, -0.1) is 0 Å². The summed E-state index contributed by atoms with van der Waals surface area (Å²) < 4.78 is 24.2. The van der Waals surface area contributed by atoms with E-state index in [2.05, 4.69) is 0 Å². The molecular formula is C25H27FN2O5. The zero-order valence-corrected chi connectivity index (χ0v) is 18.5. The first-order valence-corrected chi connectivity index (χ1v) is 11.1. The van der Waals surface area contributed by atoms with E-state index >= 15 is 0 Å². The Balaban J connectivity index is 1.67. The quantitative estimate of drug-likeness (QED) is 0.371. The Labute approximate surface area is 192 Å². The van der Waals surface area contributed by atoms with Crippen LogP contribution < -0.4 is 14.7 Å². The number of Topliss-reactive ketones (excluding diaryl/α,β-unsaturated/α-hetero) is 1. The third-order valence-corrected chi connectivity index (χ3v) is 6.18. The Hall–Kier alpha value is -3.23. The third-order valence-electron chi connectivity index (χ3n) is 6.18. The maximum Gasteiger partial charge on any atom is 0.295 e. The number of likely N-dealkylation sites (tertiary alicyclic amines) is 1. The minimum Gasteiger partial charge on any atom is -0.872 e. The molecule has 7 nitrogen and oxygen atoms in total. The number of methoxy groups -OCH3 is 1. The van der Waals surface area contributed by atoms with Gasteiger partial charge >= 0.3 is 0 Å². The molecule has 1 atom stereocenters. The van der Waals surface area contributed by atoms with Crippen LogP contribution in [0, 0.1) is 5.82 Å². The summed E-state index contributed by atoms with van der Waals surface area (Å²) in [5, 5.41) is 13.4. The fraction of sp³-hybridized carbons (Fsp3) is 0.360. The molecule has 2 aliphatic heterocycles. The van der Waals surface area contributed by atoms with Crippen molar-refractivity contribution in [3.8, 4) is 5.75 Å². The van der Waals surface area contributed by atoms with Gasteiger partial charge in [0.2, 0.25) is 5.78 Å². The predicted octanol–water partition coefficient (Wildman–Crippen LogP) is 0.364. The molecule has 0 aliphatic carbocycles. The number of nitrogens with zero attached hydrogens (tertiary/aromatic N) is 1. The SMILES string of the molecule is COc1cccc(C([O-])=C2C(=O)C(=O)N(CCC[NH+]3CCOCC3)C2c2ccc(F)cc2)c1. The Morgan fingerprint density at radius 3 is 2.61 bits per heavy atom. The van der Waals surface area contributed by atoms with E-state index in [0.29, 0.717) is 37.5 Å². The molecule has 0 bridgehead atoms. The molecule has 4 rings (SSSR count). The summed E-state index contributed by atoms with van der Waals surface area (Å²) >= 11 is 0. The minimum absolute atomic E-state index is 0.112. The number of amides is 1. The highest BCUT2D eigenvalue weighted by Crippen LogP contribution is 2.39. The fourth-order valence-corrected chi connectivity index (χ4v) is 4.42. The van der Waals surface area contributed by atoms with Crippen molar-refractivity contribution in [2.24, 2.45) is 0 Å². The number of hydrogen-bond donors (Lipinski definition) is 1. The van der Waals surface area contributed by atoms with Crippen LogP contribution in [0.25, 0.3) is 5.76 Å². The number of ether oxygens (including phenoxy) is 2. The molecule has 1 N–H and O–H groups in total. The second kappa shape index (κ2) is 10.1. The molecule has 2 aromatic carbocycles. The molecule has 174 valence electrons. The smallest absolute Gasteiger partial charge is 0.295 e. The van der Waals surface area contributed by atoms with Crippen molar-refractivity contribution in [2.75, 3.05) is 46.5 Å². The molecule has 0 spiro atoms. The van der Waals surface area contributed by atoms with Crippen molar-refractivity contribution < 1.29 is 33.5 Å². The molecule has 2 saturated heterocycles. The Kier molecular flexibility index (Phi) is 7.05. The number of quaternary nitrogens is 1. The largest absolute Gasteiger partial charge is 0.872 e. The maximum atomic E-state index is 13.6. The van der Waals surface area contributed by atoms with Crippen LogP contribution in [0.5, 0.6) is 5.75 Å². The standard InChI is InChI=1S/C25H27FN2O5/c1-32-20-5-2-4-18(16-20)23(29)21-22(17-6-8-19(26)9-7-17)28(25(31)24(21)30)11-3-10-27-12-14-33-15-13-27/h2,4-9,16,22,29H,3,10-15H2,1H3. The first-order valence-electron chi connectivity index (χ1n) is 11.1. The van der Waals surface area contributed by atoms with Crippen LogP contribution in [0.4, 0.5) is 4.39 Å². The molecule has 2 heterocycles. The molecule has 1 amide bonds. The van der Waals surface area contributed by atoms with Gasteiger partial charge in [0.15, 0.2) is 0 Å². The van der Waals surface area contributed by atoms with Crippen molar-refractivity contribution in [1.82, 2.24) is 4.90 Å². The number of ketones is 1. The average Bonchev–Trinajstić information content (AvgIpc) is 3.10. The highest BCUT2D eigenvalue weighted by atomic mass is 19.1. The first-order chi connectivity index (χ1) is 16.0. The summed E-state index contributed by atoms with van der Waals surface area (Å²) in [4.78, 5) is 28.8. The number of carbonyl (C=O) groups excluding carboxylic acids is 2. The monoisotopic (exact) mass is 454 g/mol. The van der Waals surface area contributed by atoms with Gasteiger partial charge in [0.05, 0.1) is 32.9 Å². The second-order valence-electron chi connectivity index (χ2n) is 8.22. The van der Waals surface area contributed by atoms with Crippen molar-refractivity contribution in [1.29, 1.82) is 0 Å². The van der Waals surface area contributed by atoms with E-state index in [1.165, 1.54) is 41.2 Å². The number of rotatable bonds is 7. The van der Waals surface area contributed by atoms with Gasteiger partial charge in [0.25, 0.3) is 5.91 Å². The van der Waals surface area contributed by atoms with Gasteiger partial charge in [0.1, 0.15) is 24.7 Å². The Bertz CT molecular complexity index is 1050. The lowest BCUT2D eigenvalue weighted by molar-refractivity contribution is -0.908. The summed E-state index contributed by atoms with van der Waals surface area (Å²) in [5.74, 6) is -1.99. The lowest BCUT2D eigenvalue weighted by Crippen LogP contribution is -3.14. The fourth-order valence-electron chi connectivity index (χ4n) is 4.42. The zero-order chi connectivity index (χ0) is 23.4. The number of morpholine rings is 1. The van der Waals surface area contributed by atoms with Crippen molar-refractivity contribution >= 4 is 17.4 Å². The maximum absolute atomic E-state index is 13.6. The van der Waals surface area contributed by atoms with E-state index in [9.17, 15) is 19.1 Å². The summed E-state index contributed by atoms with van der Waals surface area (Å²) in [6, 6.07) is 11.2. The Morgan fingerprint density at radius 2 is 1.91 bits per heavy atom. The van der Waals surface area contributed by atoms with Crippen LogP contribution in [0.3, 0.4) is 0 Å². The van der Waals surface area contributed by atoms with E-state index in [4.69, 9.17) is 9.47 Å². The molecule has 0 aromatic heterocycles. The van der Waals surface area contributed by atoms with Gasteiger partial charge in [-0.3, -0.25) is 9.59 Å². The van der Waals surface area contributed by atoms with E-state index in [1.54, 1.807) is 24.3 Å². The number of carbonyl (C=O) groups is 2. The van der Waals surface area contributed by atoms with Crippen LogP contribution in [0.2, 0.25) is 0 Å². The molecule has 8 heteroatoms. The lowest BCUT2D eigenvalue weighted by Gasteiger charge is -2.29. The van der Waals surface area contributed by atoms with Crippen molar-refractivity contribution in [2.45, 2.75) is 12.5 Å². The normalized spacial score (nSPS) is 20.9. The number of nitrogens with one attached hydrogen (secondary N) is 1. The van der Waals surface area contributed by atoms with Gasteiger partial charge in [-0.2, -0.15) is 0 Å². The molecular weight excluding hydrogens is 427 g/mol.